The van der Waals surface area contributed by atoms with Crippen LogP contribution in [0.5, 0.6) is 17.2 Å². The Hall–Kier alpha value is -3.29. The molecule has 56 heavy (non-hydrogen) atoms. The largest absolute Gasteiger partial charge is 1.00 e. The van der Waals surface area contributed by atoms with Crippen LogP contribution in [0.2, 0.25) is 0 Å². The molecule has 0 spiro atoms. The number of aromatic amines is 1. The van der Waals surface area contributed by atoms with Gasteiger partial charge in [0.2, 0.25) is 0 Å². The van der Waals surface area contributed by atoms with Gasteiger partial charge in [-0.1, -0.05) is 36.1 Å². The first kappa shape index (κ1) is 52.7. The fourth-order valence-electron chi connectivity index (χ4n) is 4.18. The number of azo groups is 1. The molecule has 0 radical (unpaired) electrons. The molecule has 0 aliphatic rings. The zero-order valence-electron chi connectivity index (χ0n) is 29.4. The van der Waals surface area contributed by atoms with Crippen molar-refractivity contribution in [1.29, 1.82) is 0 Å². The number of aromatic hydroxyl groups is 2. The van der Waals surface area contributed by atoms with Crippen LogP contribution >= 0.6 is 0 Å². The summed E-state index contributed by atoms with van der Waals surface area (Å²) in [6.07, 6.45) is 1.09. The second-order valence-electron chi connectivity index (χ2n) is 10.1. The molecule has 0 bridgehead atoms. The number of nitro groups is 2. The number of aryl methyl sites for hydroxylation is 1. The number of nitrogens with zero attached hydrogens (tertiary/aromatic N) is 6. The summed E-state index contributed by atoms with van der Waals surface area (Å²) < 4.78 is 64.4. The Labute approximate surface area is 393 Å². The van der Waals surface area contributed by atoms with Crippen LogP contribution in [0.15, 0.2) is 109 Å². The summed E-state index contributed by atoms with van der Waals surface area (Å²) in [7, 11) is -9.91. The Kier molecular flexibility index (Phi) is 20.7. The summed E-state index contributed by atoms with van der Waals surface area (Å²) in [5.74, 6) is -2.36. The second kappa shape index (κ2) is 22.0. The number of aliphatic imine (C=N–C) groups is 1. The van der Waals surface area contributed by atoms with Gasteiger partial charge in [-0.25, -0.2) is 4.68 Å². The number of phenols is 2. The summed E-state index contributed by atoms with van der Waals surface area (Å²) >= 11 is 0. The molecule has 21 nitrogen and oxygen atoms in total. The van der Waals surface area contributed by atoms with Gasteiger partial charge >= 0.3 is 88.7 Å². The van der Waals surface area contributed by atoms with Crippen LogP contribution in [0.25, 0.3) is 5.69 Å². The van der Waals surface area contributed by atoms with Crippen molar-refractivity contribution in [2.75, 3.05) is 0 Å². The van der Waals surface area contributed by atoms with Crippen molar-refractivity contribution in [1.82, 2.24) is 9.78 Å². The molecule has 0 aliphatic carbocycles. The molecule has 5 N–H and O–H groups in total. The Bertz CT molecular complexity index is 2570. The van der Waals surface area contributed by atoms with Gasteiger partial charge in [-0.15, -0.1) is 5.11 Å². The van der Waals surface area contributed by atoms with Gasteiger partial charge in [-0.3, -0.25) is 44.2 Å². The summed E-state index contributed by atoms with van der Waals surface area (Å²) in [5, 5.41) is 63.4. The van der Waals surface area contributed by atoms with Crippen molar-refractivity contribution in [3.63, 3.8) is 0 Å². The SMILES string of the molecule is Cc1[nH]n(-c2ccccc2)c(=O)c1N=Nc1cc([N+](=O)[O-])cc(S(=O)(=O)O)c1[O-].O=[N+]([O-])c1cc(N=Cc2ccccc2O)c(O)c(S(=O)(=O)O)c1.[Cr].[Na+].[Na+].[Na+]. The number of hydrogen-bond donors (Lipinski definition) is 5. The molecule has 0 aliphatic heterocycles. The summed E-state index contributed by atoms with van der Waals surface area (Å²) in [5.41, 5.74) is -2.40. The molecule has 1 heterocycles. The maximum Gasteiger partial charge on any atom is 1.00 e. The van der Waals surface area contributed by atoms with Crippen molar-refractivity contribution in [2.45, 2.75) is 16.7 Å². The van der Waals surface area contributed by atoms with Gasteiger partial charge in [-0.2, -0.15) is 21.9 Å². The maximum absolute atomic E-state index is 12.6. The molecule has 0 saturated heterocycles. The molecule has 0 amide bonds. The van der Waals surface area contributed by atoms with Crippen LogP contribution in [0.1, 0.15) is 11.3 Å². The Balaban J connectivity index is 0.00000103. The van der Waals surface area contributed by atoms with E-state index in [-0.39, 0.29) is 129 Å². The molecule has 0 fully saturated rings. The topological polar surface area (TPSA) is 333 Å². The number of hydrogen-bond acceptors (Lipinski definition) is 15. The normalized spacial score (nSPS) is 10.9. The summed E-state index contributed by atoms with van der Waals surface area (Å²) in [4.78, 5) is 34.0. The Morgan fingerprint density at radius 1 is 0.768 bits per heavy atom. The number of aromatic nitrogens is 2. The quantitative estimate of drug-likeness (QED) is 0.0232. The van der Waals surface area contributed by atoms with Gasteiger partial charge in [0.25, 0.3) is 37.2 Å². The van der Waals surface area contributed by atoms with E-state index < -0.39 is 79.7 Å². The Morgan fingerprint density at radius 2 is 1.27 bits per heavy atom. The zero-order chi connectivity index (χ0) is 38.5. The van der Waals surface area contributed by atoms with E-state index in [1.54, 1.807) is 42.5 Å². The number of nitrogens with one attached hydrogen (secondary N) is 1. The molecule has 0 atom stereocenters. The van der Waals surface area contributed by atoms with E-state index in [1.165, 1.54) is 23.7 Å². The van der Waals surface area contributed by atoms with Crippen molar-refractivity contribution in [3.05, 3.63) is 121 Å². The molecule has 5 aromatic rings. The number of nitro benzene ring substituents is 2. The van der Waals surface area contributed by atoms with E-state index in [4.69, 9.17) is 9.11 Å². The number of rotatable bonds is 9. The van der Waals surface area contributed by atoms with Crippen LogP contribution in [-0.4, -0.2) is 62.0 Å². The third kappa shape index (κ3) is 13.1. The average molecular weight is 878 g/mol. The van der Waals surface area contributed by atoms with Crippen LogP contribution in [-0.2, 0) is 37.6 Å². The van der Waals surface area contributed by atoms with E-state index in [1.807, 2.05) is 0 Å². The maximum atomic E-state index is 12.6. The van der Waals surface area contributed by atoms with Crippen LogP contribution in [0, 0.1) is 27.2 Å². The molecule has 4 aromatic carbocycles. The number of benzene rings is 4. The standard InChI is InChI=1S/C16H13N5O7S.C13H10N2O7S.Cr.3Na/c1-9-14(16(23)20(19-9)10-5-3-2-4-6-10)18-17-12-7-11(21(24)25)8-13(15(12)22)29(26,27)28;16-11-4-2-1-3-8(11)7-14-10-5-9(15(18)19)6-12(13(10)17)23(20,21)22;;;;/h2-8,19,22H,1H3,(H,26,27,28);1-7,16-17H,(H,20,21,22);;;;/q;;;3*+1/p-1. The second-order valence-corrected chi connectivity index (χ2v) is 12.9. The van der Waals surface area contributed by atoms with Gasteiger partial charge in [0.1, 0.15) is 16.3 Å². The van der Waals surface area contributed by atoms with Crippen LogP contribution in [0.3, 0.4) is 0 Å². The number of H-pyrrole nitrogens is 1. The van der Waals surface area contributed by atoms with E-state index in [2.05, 4.69) is 20.3 Å². The van der Waals surface area contributed by atoms with E-state index in [0.717, 1.165) is 12.3 Å². The van der Waals surface area contributed by atoms with E-state index >= 15 is 0 Å². The molecule has 27 heteroatoms. The third-order valence-corrected chi connectivity index (χ3v) is 8.36. The molecule has 0 unspecified atom stereocenters. The number of phenolic OH excluding ortho intramolecular Hbond substituents is 2. The van der Waals surface area contributed by atoms with Crippen molar-refractivity contribution >= 4 is 54.9 Å². The first-order chi connectivity index (χ1) is 24.3. The fourth-order valence-corrected chi connectivity index (χ4v) is 5.41. The predicted molar refractivity (Wildman–Crippen MR) is 178 cm³/mol. The minimum Gasteiger partial charge on any atom is -0.870 e. The minimum absolute atomic E-state index is 0. The number of non-ortho nitro benzene ring substituents is 2. The van der Waals surface area contributed by atoms with Crippen molar-refractivity contribution < 1.29 is 157 Å². The van der Waals surface area contributed by atoms with Gasteiger partial charge in [0.05, 0.1) is 31.8 Å². The zero-order valence-corrected chi connectivity index (χ0v) is 38.3. The predicted octanol–water partition coefficient (Wildman–Crippen LogP) is -4.87. The smallest absolute Gasteiger partial charge is 0.870 e. The summed E-state index contributed by atoms with van der Waals surface area (Å²) in [6.45, 7) is 1.52. The molecular weight excluding hydrogens is 855 g/mol. The van der Waals surface area contributed by atoms with Gasteiger partial charge in [0, 0.05) is 53.4 Å². The first-order valence-electron chi connectivity index (χ1n) is 13.9. The molecule has 5 rings (SSSR count). The van der Waals surface area contributed by atoms with Gasteiger partial charge in [-0.05, 0) is 31.2 Å². The third-order valence-electron chi connectivity index (χ3n) is 6.63. The van der Waals surface area contributed by atoms with Gasteiger partial charge in [0.15, 0.2) is 11.4 Å². The van der Waals surface area contributed by atoms with E-state index in [0.29, 0.717) is 23.9 Å². The monoisotopic (exact) mass is 877 g/mol. The van der Waals surface area contributed by atoms with Crippen LogP contribution in [0.4, 0.5) is 28.4 Å². The number of para-hydroxylation sites is 2. The van der Waals surface area contributed by atoms with Crippen LogP contribution < -0.4 is 99.3 Å². The van der Waals surface area contributed by atoms with Crippen molar-refractivity contribution in [2.24, 2.45) is 15.2 Å². The summed E-state index contributed by atoms with van der Waals surface area (Å²) in [6, 6.07) is 17.0. The average Bonchev–Trinajstić information content (AvgIpc) is 3.36. The first-order valence-corrected chi connectivity index (χ1v) is 16.7. The molecular formula is C29H22CrN7Na3O14S2+2. The molecule has 276 valence electrons. The van der Waals surface area contributed by atoms with E-state index in [9.17, 15) is 57.2 Å². The fraction of sp³-hybridized carbons (Fsp3) is 0.0345. The van der Waals surface area contributed by atoms with Crippen molar-refractivity contribution in [3.8, 4) is 22.9 Å². The molecule has 0 saturated carbocycles. The minimum atomic E-state index is -5.03. The van der Waals surface area contributed by atoms with Gasteiger partial charge < -0.3 is 15.3 Å². The Morgan fingerprint density at radius 3 is 1.79 bits per heavy atom. The molecule has 1 aromatic heterocycles.